The Hall–Kier alpha value is -4.69. The molecule has 1 aliphatic heterocycles. The van der Waals surface area contributed by atoms with E-state index < -0.39 is 12.0 Å². The van der Waals surface area contributed by atoms with Crippen LogP contribution in [0.15, 0.2) is 101 Å². The molecule has 0 saturated heterocycles. The number of hydrogen-bond donors (Lipinski definition) is 0. The molecule has 1 unspecified atom stereocenters. The summed E-state index contributed by atoms with van der Waals surface area (Å²) in [6.45, 7) is 8.29. The molecule has 8 heteroatoms. The van der Waals surface area contributed by atoms with Gasteiger partial charge in [-0.15, -0.1) is 6.58 Å². The first kappa shape index (κ1) is 26.5. The summed E-state index contributed by atoms with van der Waals surface area (Å²) in [5.41, 5.74) is 3.31. The minimum Gasteiger partial charge on any atom is -0.496 e. The van der Waals surface area contributed by atoms with Crippen LogP contribution >= 0.6 is 11.3 Å². The van der Waals surface area contributed by atoms with Crippen molar-refractivity contribution < 1.29 is 14.3 Å². The normalized spacial score (nSPS) is 15.2. The maximum absolute atomic E-state index is 14.3. The molecule has 5 aromatic rings. The third-order valence-corrected chi connectivity index (χ3v) is 8.36. The van der Waals surface area contributed by atoms with Gasteiger partial charge in [-0.1, -0.05) is 65.9 Å². The van der Waals surface area contributed by atoms with Gasteiger partial charge in [0.15, 0.2) is 4.80 Å². The van der Waals surface area contributed by atoms with E-state index in [0.717, 1.165) is 32.8 Å². The summed E-state index contributed by atoms with van der Waals surface area (Å²) in [7, 11) is 1.59. The van der Waals surface area contributed by atoms with Crippen LogP contribution in [0.3, 0.4) is 0 Å². The second-order valence-electron chi connectivity index (χ2n) is 9.75. The summed E-state index contributed by atoms with van der Waals surface area (Å²) in [4.78, 5) is 33.0. The predicted molar refractivity (Wildman–Crippen MR) is 163 cm³/mol. The average Bonchev–Trinajstić information content (AvgIpc) is 3.48. The molecule has 1 aliphatic rings. The van der Waals surface area contributed by atoms with Crippen LogP contribution in [0.4, 0.5) is 0 Å². The zero-order valence-corrected chi connectivity index (χ0v) is 23.9. The SMILES string of the molecule is C=CCn1cc(/C=c2/sc3n(c2=O)C(c2c(OC)ccc4ccccc24)C(C(=O)OCC)=C(C)N=3)c2ccccc21. The van der Waals surface area contributed by atoms with Gasteiger partial charge in [-0.05, 0) is 42.8 Å². The van der Waals surface area contributed by atoms with E-state index >= 15 is 0 Å². The van der Waals surface area contributed by atoms with Crippen molar-refractivity contribution in [2.45, 2.75) is 26.4 Å². The lowest BCUT2D eigenvalue weighted by Gasteiger charge is -2.27. The van der Waals surface area contributed by atoms with Crippen molar-refractivity contribution in [3.8, 4) is 5.75 Å². The maximum atomic E-state index is 14.3. The van der Waals surface area contributed by atoms with Crippen LogP contribution in [0.25, 0.3) is 27.8 Å². The number of thiazole rings is 1. The third-order valence-electron chi connectivity index (χ3n) is 7.37. The number of benzene rings is 3. The molecular formula is C33H29N3O4S. The second kappa shape index (κ2) is 10.7. The van der Waals surface area contributed by atoms with Crippen molar-refractivity contribution in [1.29, 1.82) is 0 Å². The number of nitrogens with zero attached hydrogens (tertiary/aromatic N) is 3. The number of fused-ring (bicyclic) bond motifs is 3. The minimum absolute atomic E-state index is 0.203. The maximum Gasteiger partial charge on any atom is 0.338 e. The fraction of sp³-hybridized carbons (Fsp3) is 0.182. The highest BCUT2D eigenvalue weighted by molar-refractivity contribution is 7.07. The molecule has 0 fully saturated rings. The Balaban J connectivity index is 1.66. The Bertz CT molecular complexity index is 2060. The number of esters is 1. The van der Waals surface area contributed by atoms with Gasteiger partial charge in [0.1, 0.15) is 11.8 Å². The highest BCUT2D eigenvalue weighted by Gasteiger charge is 2.36. The quantitative estimate of drug-likeness (QED) is 0.204. The van der Waals surface area contributed by atoms with Gasteiger partial charge < -0.3 is 14.0 Å². The molecule has 1 atom stereocenters. The number of ether oxygens (including phenoxy) is 2. The summed E-state index contributed by atoms with van der Waals surface area (Å²) in [6.07, 6.45) is 5.79. The Morgan fingerprint density at radius 3 is 2.61 bits per heavy atom. The first-order valence-electron chi connectivity index (χ1n) is 13.4. The topological polar surface area (TPSA) is 74.8 Å². The number of aromatic nitrogens is 2. The highest BCUT2D eigenvalue weighted by Crippen LogP contribution is 2.40. The molecule has 3 aromatic carbocycles. The van der Waals surface area contributed by atoms with Crippen LogP contribution in [-0.2, 0) is 16.1 Å². The van der Waals surface area contributed by atoms with Crippen LogP contribution in [0.1, 0.15) is 31.0 Å². The van der Waals surface area contributed by atoms with Gasteiger partial charge in [0.05, 0.1) is 29.5 Å². The van der Waals surface area contributed by atoms with Gasteiger partial charge in [0, 0.05) is 34.8 Å². The van der Waals surface area contributed by atoms with Crippen molar-refractivity contribution in [2.24, 2.45) is 4.99 Å². The van der Waals surface area contributed by atoms with Crippen molar-refractivity contribution in [1.82, 2.24) is 9.13 Å². The van der Waals surface area contributed by atoms with E-state index in [-0.39, 0.29) is 12.2 Å². The standard InChI is InChI=1S/C33H29N3O4S/c1-5-17-35-19-22(23-12-9-10-14-25(23)35)18-27-31(37)36-30(28(32(38)40-6-2)20(3)34-33(36)41-27)29-24-13-8-7-11-21(24)15-16-26(29)39-4/h5,7-16,18-19,30H,1,6,17H2,2-4H3/b27-18+. The van der Waals surface area contributed by atoms with Crippen molar-refractivity contribution in [3.05, 3.63) is 122 Å². The number of para-hydroxylation sites is 1. The lowest BCUT2D eigenvalue weighted by Crippen LogP contribution is -2.40. The van der Waals surface area contributed by atoms with E-state index in [1.165, 1.54) is 11.3 Å². The van der Waals surface area contributed by atoms with Gasteiger partial charge in [0.25, 0.3) is 5.56 Å². The van der Waals surface area contributed by atoms with E-state index in [1.807, 2.05) is 72.9 Å². The molecule has 0 spiro atoms. The summed E-state index contributed by atoms with van der Waals surface area (Å²) in [5, 5.41) is 2.89. The molecule has 0 saturated carbocycles. The van der Waals surface area contributed by atoms with Crippen molar-refractivity contribution in [2.75, 3.05) is 13.7 Å². The Kier molecular flexibility index (Phi) is 6.93. The third kappa shape index (κ3) is 4.40. The molecule has 6 rings (SSSR count). The van der Waals surface area contributed by atoms with E-state index in [4.69, 9.17) is 14.5 Å². The zero-order valence-electron chi connectivity index (χ0n) is 23.1. The van der Waals surface area contributed by atoms with Crippen LogP contribution in [0.5, 0.6) is 5.75 Å². The number of carbonyl (C=O) groups is 1. The Morgan fingerprint density at radius 2 is 1.85 bits per heavy atom. The molecule has 7 nitrogen and oxygen atoms in total. The second-order valence-corrected chi connectivity index (χ2v) is 10.8. The van der Waals surface area contributed by atoms with Gasteiger partial charge in [-0.3, -0.25) is 9.36 Å². The smallest absolute Gasteiger partial charge is 0.338 e. The molecule has 0 aliphatic carbocycles. The monoisotopic (exact) mass is 563 g/mol. The predicted octanol–water partition coefficient (Wildman–Crippen LogP) is 5.10. The first-order valence-corrected chi connectivity index (χ1v) is 14.2. The van der Waals surface area contributed by atoms with Crippen molar-refractivity contribution >= 4 is 45.1 Å². The molecule has 0 amide bonds. The zero-order chi connectivity index (χ0) is 28.7. The fourth-order valence-electron chi connectivity index (χ4n) is 5.62. The van der Waals surface area contributed by atoms with Crippen LogP contribution in [-0.4, -0.2) is 28.8 Å². The Labute approximate surface area is 240 Å². The minimum atomic E-state index is -0.782. The van der Waals surface area contributed by atoms with Crippen molar-refractivity contribution in [3.63, 3.8) is 0 Å². The van der Waals surface area contributed by atoms with Gasteiger partial charge in [0.2, 0.25) is 0 Å². The molecule has 0 bridgehead atoms. The van der Waals surface area contributed by atoms with Gasteiger partial charge >= 0.3 is 5.97 Å². The number of hydrogen-bond acceptors (Lipinski definition) is 6. The number of rotatable bonds is 7. The molecule has 0 N–H and O–H groups in total. The summed E-state index contributed by atoms with van der Waals surface area (Å²) in [6, 6.07) is 19.0. The van der Waals surface area contributed by atoms with E-state index in [9.17, 15) is 9.59 Å². The highest BCUT2D eigenvalue weighted by atomic mass is 32.1. The largest absolute Gasteiger partial charge is 0.496 e. The van der Waals surface area contributed by atoms with E-state index in [0.29, 0.717) is 32.9 Å². The van der Waals surface area contributed by atoms with Crippen LogP contribution in [0.2, 0.25) is 0 Å². The molecular weight excluding hydrogens is 534 g/mol. The number of methoxy groups -OCH3 is 1. The van der Waals surface area contributed by atoms with E-state index in [2.05, 4.69) is 17.2 Å². The molecule has 41 heavy (non-hydrogen) atoms. The average molecular weight is 564 g/mol. The van der Waals surface area contributed by atoms with E-state index in [1.54, 1.807) is 25.5 Å². The molecule has 0 radical (unpaired) electrons. The van der Waals surface area contributed by atoms with Gasteiger partial charge in [-0.25, -0.2) is 9.79 Å². The van der Waals surface area contributed by atoms with Crippen LogP contribution in [0, 0.1) is 0 Å². The lowest BCUT2D eigenvalue weighted by molar-refractivity contribution is -0.139. The summed E-state index contributed by atoms with van der Waals surface area (Å²) < 4.78 is 15.6. The Morgan fingerprint density at radius 1 is 1.10 bits per heavy atom. The number of allylic oxidation sites excluding steroid dienone is 2. The van der Waals surface area contributed by atoms with Gasteiger partial charge in [-0.2, -0.15) is 0 Å². The summed E-state index contributed by atoms with van der Waals surface area (Å²) in [5.74, 6) is 0.0720. The lowest BCUT2D eigenvalue weighted by atomic mass is 9.90. The first-order chi connectivity index (χ1) is 20.0. The molecule has 2 aromatic heterocycles. The van der Waals surface area contributed by atoms with Crippen LogP contribution < -0.4 is 19.6 Å². The molecule has 3 heterocycles. The number of carbonyl (C=O) groups excluding carboxylic acids is 1. The molecule has 206 valence electrons. The summed E-state index contributed by atoms with van der Waals surface area (Å²) >= 11 is 1.31. The fourth-order valence-corrected chi connectivity index (χ4v) is 6.66.